The van der Waals surface area contributed by atoms with Gasteiger partial charge in [-0.1, -0.05) is 36.4 Å². The second kappa shape index (κ2) is 9.30. The molecule has 1 saturated heterocycles. The molecule has 1 aromatic carbocycles. The lowest BCUT2D eigenvalue weighted by atomic mass is 10.1. The molecule has 0 unspecified atom stereocenters. The van der Waals surface area contributed by atoms with Crippen LogP contribution in [0.15, 0.2) is 54.7 Å². The standard InChI is InChI=1S/C20H25N3O2/c24-20(23-12-14-25-15-13-23)17-22(16-19-8-4-5-10-21-19)11-9-18-6-2-1-3-7-18/h1-8,10H,9,11-17H2. The molecule has 5 nitrogen and oxygen atoms in total. The van der Waals surface area contributed by atoms with E-state index >= 15 is 0 Å². The van der Waals surface area contributed by atoms with Gasteiger partial charge in [-0.3, -0.25) is 14.7 Å². The number of hydrogen-bond donors (Lipinski definition) is 0. The van der Waals surface area contributed by atoms with Crippen molar-refractivity contribution < 1.29 is 9.53 Å². The Balaban J connectivity index is 1.61. The van der Waals surface area contributed by atoms with Crippen LogP contribution in [0.4, 0.5) is 0 Å². The van der Waals surface area contributed by atoms with Gasteiger partial charge in [-0.2, -0.15) is 0 Å². The number of pyridine rings is 1. The summed E-state index contributed by atoms with van der Waals surface area (Å²) in [6, 6.07) is 16.3. The van der Waals surface area contributed by atoms with Crippen LogP contribution in [0.5, 0.6) is 0 Å². The van der Waals surface area contributed by atoms with Gasteiger partial charge in [0.05, 0.1) is 25.5 Å². The van der Waals surface area contributed by atoms with Gasteiger partial charge in [0.25, 0.3) is 0 Å². The van der Waals surface area contributed by atoms with Crippen molar-refractivity contribution in [2.24, 2.45) is 0 Å². The van der Waals surface area contributed by atoms with Crippen molar-refractivity contribution in [3.8, 4) is 0 Å². The molecule has 0 aliphatic carbocycles. The SMILES string of the molecule is O=C(CN(CCc1ccccc1)Cc1ccccn1)N1CCOCC1. The highest BCUT2D eigenvalue weighted by molar-refractivity contribution is 5.78. The first-order valence-corrected chi connectivity index (χ1v) is 8.83. The Bertz CT molecular complexity index is 643. The number of amides is 1. The van der Waals surface area contributed by atoms with Gasteiger partial charge in [0.15, 0.2) is 0 Å². The Morgan fingerprint density at radius 2 is 1.84 bits per heavy atom. The third-order valence-electron chi connectivity index (χ3n) is 4.39. The second-order valence-corrected chi connectivity index (χ2v) is 6.26. The fraction of sp³-hybridized carbons (Fsp3) is 0.400. The lowest BCUT2D eigenvalue weighted by molar-refractivity contribution is -0.136. The van der Waals surface area contributed by atoms with Crippen molar-refractivity contribution >= 4 is 5.91 Å². The fourth-order valence-corrected chi connectivity index (χ4v) is 2.97. The molecule has 0 bridgehead atoms. The molecule has 0 atom stereocenters. The Hall–Kier alpha value is -2.24. The summed E-state index contributed by atoms with van der Waals surface area (Å²) in [5, 5.41) is 0. The minimum atomic E-state index is 0.173. The van der Waals surface area contributed by atoms with E-state index < -0.39 is 0 Å². The summed E-state index contributed by atoms with van der Waals surface area (Å²) in [4.78, 5) is 21.1. The van der Waals surface area contributed by atoms with E-state index in [0.29, 0.717) is 39.4 Å². The van der Waals surface area contributed by atoms with Crippen molar-refractivity contribution in [1.82, 2.24) is 14.8 Å². The van der Waals surface area contributed by atoms with E-state index in [1.54, 1.807) is 6.20 Å². The van der Waals surface area contributed by atoms with Crippen LogP contribution >= 0.6 is 0 Å². The largest absolute Gasteiger partial charge is 0.378 e. The van der Waals surface area contributed by atoms with Crippen LogP contribution in [0.2, 0.25) is 0 Å². The van der Waals surface area contributed by atoms with Crippen molar-refractivity contribution in [2.45, 2.75) is 13.0 Å². The smallest absolute Gasteiger partial charge is 0.236 e. The summed E-state index contributed by atoms with van der Waals surface area (Å²) in [6.45, 7) is 4.58. The molecule has 3 rings (SSSR count). The normalized spacial score (nSPS) is 14.7. The van der Waals surface area contributed by atoms with Crippen molar-refractivity contribution in [1.29, 1.82) is 0 Å². The monoisotopic (exact) mass is 339 g/mol. The van der Waals surface area contributed by atoms with E-state index in [9.17, 15) is 4.79 Å². The summed E-state index contributed by atoms with van der Waals surface area (Å²) in [5.41, 5.74) is 2.28. The molecule has 5 heteroatoms. The lowest BCUT2D eigenvalue weighted by Gasteiger charge is -2.30. The summed E-state index contributed by atoms with van der Waals surface area (Å²) in [5.74, 6) is 0.173. The van der Waals surface area contributed by atoms with Crippen LogP contribution in [0.25, 0.3) is 0 Å². The summed E-state index contributed by atoms with van der Waals surface area (Å²) < 4.78 is 5.34. The number of hydrogen-bond acceptors (Lipinski definition) is 4. The molecule has 0 saturated carbocycles. The molecule has 132 valence electrons. The van der Waals surface area contributed by atoms with E-state index in [0.717, 1.165) is 18.7 Å². The average molecular weight is 339 g/mol. The average Bonchev–Trinajstić information content (AvgIpc) is 2.68. The molecule has 1 fully saturated rings. The lowest BCUT2D eigenvalue weighted by Crippen LogP contribution is -2.46. The number of carbonyl (C=O) groups is 1. The molecule has 0 radical (unpaired) electrons. The molecule has 1 aliphatic rings. The molecule has 2 heterocycles. The third-order valence-corrected chi connectivity index (χ3v) is 4.39. The van der Waals surface area contributed by atoms with E-state index in [4.69, 9.17) is 4.74 Å². The molecular weight excluding hydrogens is 314 g/mol. The second-order valence-electron chi connectivity index (χ2n) is 6.26. The number of aromatic nitrogens is 1. The summed E-state index contributed by atoms with van der Waals surface area (Å²) in [6.07, 6.45) is 2.72. The summed E-state index contributed by atoms with van der Waals surface area (Å²) in [7, 11) is 0. The van der Waals surface area contributed by atoms with Crippen LogP contribution in [-0.2, 0) is 22.5 Å². The van der Waals surface area contributed by atoms with E-state index in [1.807, 2.05) is 29.2 Å². The first kappa shape index (κ1) is 17.6. The van der Waals surface area contributed by atoms with Gasteiger partial charge in [-0.25, -0.2) is 0 Å². The molecule has 2 aromatic rings. The van der Waals surface area contributed by atoms with Crippen molar-refractivity contribution in [3.05, 3.63) is 66.0 Å². The molecule has 1 amide bonds. The predicted molar refractivity (Wildman–Crippen MR) is 97.1 cm³/mol. The fourth-order valence-electron chi connectivity index (χ4n) is 2.97. The van der Waals surface area contributed by atoms with E-state index in [1.165, 1.54) is 5.56 Å². The zero-order valence-electron chi connectivity index (χ0n) is 14.5. The molecular formula is C20H25N3O2. The molecule has 1 aromatic heterocycles. The van der Waals surface area contributed by atoms with Crippen molar-refractivity contribution in [2.75, 3.05) is 39.4 Å². The molecule has 25 heavy (non-hydrogen) atoms. The number of benzene rings is 1. The Morgan fingerprint density at radius 3 is 2.56 bits per heavy atom. The third kappa shape index (κ3) is 5.66. The van der Waals surface area contributed by atoms with Gasteiger partial charge >= 0.3 is 0 Å². The van der Waals surface area contributed by atoms with Crippen LogP contribution in [0, 0.1) is 0 Å². The van der Waals surface area contributed by atoms with E-state index in [2.05, 4.69) is 34.1 Å². The van der Waals surface area contributed by atoms with E-state index in [-0.39, 0.29) is 5.91 Å². The highest BCUT2D eigenvalue weighted by atomic mass is 16.5. The first-order chi connectivity index (χ1) is 12.3. The minimum Gasteiger partial charge on any atom is -0.378 e. The zero-order valence-corrected chi connectivity index (χ0v) is 14.5. The topological polar surface area (TPSA) is 45.7 Å². The van der Waals surface area contributed by atoms with Crippen LogP contribution in [0.1, 0.15) is 11.3 Å². The molecule has 1 aliphatic heterocycles. The number of ether oxygens (including phenoxy) is 1. The van der Waals surface area contributed by atoms with Gasteiger partial charge < -0.3 is 9.64 Å². The highest BCUT2D eigenvalue weighted by Gasteiger charge is 2.20. The van der Waals surface area contributed by atoms with Gasteiger partial charge in [0.1, 0.15) is 0 Å². The summed E-state index contributed by atoms with van der Waals surface area (Å²) >= 11 is 0. The van der Waals surface area contributed by atoms with Crippen molar-refractivity contribution in [3.63, 3.8) is 0 Å². The highest BCUT2D eigenvalue weighted by Crippen LogP contribution is 2.07. The number of morpholine rings is 1. The maximum absolute atomic E-state index is 12.6. The number of carbonyl (C=O) groups excluding carboxylic acids is 1. The quantitative estimate of drug-likeness (QED) is 0.774. The Kier molecular flexibility index (Phi) is 6.54. The Morgan fingerprint density at radius 1 is 1.08 bits per heavy atom. The maximum atomic E-state index is 12.6. The van der Waals surface area contributed by atoms with Crippen LogP contribution < -0.4 is 0 Å². The predicted octanol–water partition coefficient (Wildman–Crippen LogP) is 1.99. The number of rotatable bonds is 7. The van der Waals surface area contributed by atoms with Crippen LogP contribution in [-0.4, -0.2) is 60.1 Å². The van der Waals surface area contributed by atoms with Gasteiger partial charge in [-0.05, 0) is 24.1 Å². The first-order valence-electron chi connectivity index (χ1n) is 8.83. The minimum absolute atomic E-state index is 0.173. The maximum Gasteiger partial charge on any atom is 0.236 e. The van der Waals surface area contributed by atoms with Gasteiger partial charge in [0, 0.05) is 32.4 Å². The van der Waals surface area contributed by atoms with Crippen LogP contribution in [0.3, 0.4) is 0 Å². The van der Waals surface area contributed by atoms with Gasteiger partial charge in [-0.15, -0.1) is 0 Å². The van der Waals surface area contributed by atoms with Gasteiger partial charge in [0.2, 0.25) is 5.91 Å². The zero-order chi connectivity index (χ0) is 17.3. The molecule has 0 spiro atoms. The number of nitrogens with zero attached hydrogens (tertiary/aromatic N) is 3. The Labute approximate surface area is 149 Å². The molecule has 0 N–H and O–H groups in total.